The molecule has 84 valence electrons. The van der Waals surface area contributed by atoms with E-state index in [2.05, 4.69) is 10.1 Å². The molecule has 0 bridgehead atoms. The van der Waals surface area contributed by atoms with E-state index in [-0.39, 0.29) is 0 Å². The van der Waals surface area contributed by atoms with Gasteiger partial charge in [0.2, 0.25) is 0 Å². The Kier molecular flexibility index (Phi) is 2.08. The first-order valence-corrected chi connectivity index (χ1v) is 5.37. The van der Waals surface area contributed by atoms with Crippen molar-refractivity contribution in [2.75, 3.05) is 5.73 Å². The van der Waals surface area contributed by atoms with Crippen molar-refractivity contribution in [3.8, 4) is 11.1 Å². The molecule has 0 aliphatic carbocycles. The van der Waals surface area contributed by atoms with Crippen molar-refractivity contribution in [3.63, 3.8) is 0 Å². The standard InChI is InChI=1S/C13H12N4/c1-17-8-10(7-16-17)11-3-2-9-6-15-5-4-12(9)13(11)14/h2-8H,14H2,1H3. The average Bonchev–Trinajstić information content (AvgIpc) is 2.77. The molecule has 0 unspecified atom stereocenters. The number of nitrogens with two attached hydrogens (primary N) is 1. The third-order valence-corrected chi connectivity index (χ3v) is 2.88. The molecule has 0 radical (unpaired) electrons. The fourth-order valence-corrected chi connectivity index (χ4v) is 2.00. The summed E-state index contributed by atoms with van der Waals surface area (Å²) in [4.78, 5) is 4.09. The predicted octanol–water partition coefficient (Wildman–Crippen LogP) is 2.22. The van der Waals surface area contributed by atoms with Crippen LogP contribution in [0.1, 0.15) is 0 Å². The second kappa shape index (κ2) is 3.59. The van der Waals surface area contributed by atoms with E-state index in [9.17, 15) is 0 Å². The molecule has 0 aliphatic heterocycles. The van der Waals surface area contributed by atoms with E-state index in [1.165, 1.54) is 0 Å². The Morgan fingerprint density at radius 2 is 2.06 bits per heavy atom. The first-order chi connectivity index (χ1) is 8.25. The zero-order valence-electron chi connectivity index (χ0n) is 9.46. The van der Waals surface area contributed by atoms with Gasteiger partial charge in [-0.15, -0.1) is 0 Å². The lowest BCUT2D eigenvalue weighted by Gasteiger charge is -2.06. The molecule has 0 atom stereocenters. The number of fused-ring (bicyclic) bond motifs is 1. The van der Waals surface area contributed by atoms with Crippen LogP contribution in [0.5, 0.6) is 0 Å². The normalized spacial score (nSPS) is 10.9. The lowest BCUT2D eigenvalue weighted by Crippen LogP contribution is -1.91. The molecule has 0 saturated heterocycles. The molecular formula is C13H12N4. The van der Waals surface area contributed by atoms with Crippen LogP contribution < -0.4 is 5.73 Å². The zero-order valence-corrected chi connectivity index (χ0v) is 9.46. The first kappa shape index (κ1) is 9.84. The van der Waals surface area contributed by atoms with Gasteiger partial charge in [-0.3, -0.25) is 9.67 Å². The molecule has 0 spiro atoms. The van der Waals surface area contributed by atoms with Gasteiger partial charge in [0, 0.05) is 53.2 Å². The Labute approximate surface area is 98.7 Å². The number of aromatic nitrogens is 3. The number of aryl methyl sites for hydroxylation is 1. The van der Waals surface area contributed by atoms with Gasteiger partial charge < -0.3 is 5.73 Å². The van der Waals surface area contributed by atoms with E-state index < -0.39 is 0 Å². The smallest absolute Gasteiger partial charge is 0.0568 e. The fraction of sp³-hybridized carbons (Fsp3) is 0.0769. The average molecular weight is 224 g/mol. The number of hydrogen-bond donors (Lipinski definition) is 1. The van der Waals surface area contributed by atoms with Crippen LogP contribution in [0.15, 0.2) is 43.0 Å². The van der Waals surface area contributed by atoms with Crippen molar-refractivity contribution >= 4 is 16.5 Å². The quantitative estimate of drug-likeness (QED) is 0.645. The second-order valence-corrected chi connectivity index (χ2v) is 4.03. The van der Waals surface area contributed by atoms with Crippen LogP contribution in [0, 0.1) is 0 Å². The molecule has 2 aromatic heterocycles. The van der Waals surface area contributed by atoms with E-state index in [1.807, 2.05) is 43.8 Å². The highest BCUT2D eigenvalue weighted by atomic mass is 15.2. The number of rotatable bonds is 1. The van der Waals surface area contributed by atoms with Crippen LogP contribution >= 0.6 is 0 Å². The summed E-state index contributed by atoms with van der Waals surface area (Å²) in [5.41, 5.74) is 9.01. The number of benzene rings is 1. The summed E-state index contributed by atoms with van der Waals surface area (Å²) in [5, 5.41) is 6.25. The molecule has 17 heavy (non-hydrogen) atoms. The van der Waals surface area contributed by atoms with Crippen molar-refractivity contribution in [1.82, 2.24) is 14.8 Å². The molecule has 1 aromatic carbocycles. The number of hydrogen-bond acceptors (Lipinski definition) is 3. The first-order valence-electron chi connectivity index (χ1n) is 5.37. The third kappa shape index (κ3) is 1.54. The Balaban J connectivity index is 2.28. The maximum atomic E-state index is 6.20. The Bertz CT molecular complexity index is 685. The minimum atomic E-state index is 0.776. The lowest BCUT2D eigenvalue weighted by atomic mass is 10.0. The number of anilines is 1. The van der Waals surface area contributed by atoms with Gasteiger partial charge in [0.1, 0.15) is 0 Å². The molecule has 4 nitrogen and oxygen atoms in total. The molecule has 3 rings (SSSR count). The highest BCUT2D eigenvalue weighted by Gasteiger charge is 2.07. The van der Waals surface area contributed by atoms with Crippen molar-refractivity contribution < 1.29 is 0 Å². The molecule has 0 fully saturated rings. The van der Waals surface area contributed by atoms with Gasteiger partial charge in [-0.1, -0.05) is 12.1 Å². The maximum Gasteiger partial charge on any atom is 0.0568 e. The van der Waals surface area contributed by atoms with Crippen LogP contribution in [0.3, 0.4) is 0 Å². The summed E-state index contributed by atoms with van der Waals surface area (Å²) < 4.78 is 1.77. The van der Waals surface area contributed by atoms with E-state index in [0.717, 1.165) is 27.6 Å². The van der Waals surface area contributed by atoms with Crippen molar-refractivity contribution in [2.45, 2.75) is 0 Å². The van der Waals surface area contributed by atoms with Gasteiger partial charge >= 0.3 is 0 Å². The van der Waals surface area contributed by atoms with Crippen LogP contribution in [0.2, 0.25) is 0 Å². The summed E-state index contributed by atoms with van der Waals surface area (Å²) in [6.45, 7) is 0. The van der Waals surface area contributed by atoms with Crippen molar-refractivity contribution in [2.24, 2.45) is 7.05 Å². The molecule has 3 aromatic rings. The Morgan fingerprint density at radius 1 is 1.18 bits per heavy atom. The number of pyridine rings is 1. The van der Waals surface area contributed by atoms with Crippen LogP contribution in [-0.4, -0.2) is 14.8 Å². The topological polar surface area (TPSA) is 56.7 Å². The van der Waals surface area contributed by atoms with Crippen LogP contribution in [-0.2, 0) is 7.05 Å². The molecule has 0 aliphatic rings. The number of nitrogen functional groups attached to an aromatic ring is 1. The summed E-state index contributed by atoms with van der Waals surface area (Å²) >= 11 is 0. The van der Waals surface area contributed by atoms with E-state index in [1.54, 1.807) is 10.9 Å². The Hall–Kier alpha value is -2.36. The summed E-state index contributed by atoms with van der Waals surface area (Å²) in [5.74, 6) is 0. The molecule has 0 saturated carbocycles. The van der Waals surface area contributed by atoms with E-state index in [0.29, 0.717) is 0 Å². The minimum absolute atomic E-state index is 0.776. The number of nitrogens with zero attached hydrogens (tertiary/aromatic N) is 3. The van der Waals surface area contributed by atoms with E-state index in [4.69, 9.17) is 5.73 Å². The molecule has 2 N–H and O–H groups in total. The van der Waals surface area contributed by atoms with Gasteiger partial charge in [0.05, 0.1) is 6.20 Å². The monoisotopic (exact) mass is 224 g/mol. The van der Waals surface area contributed by atoms with Crippen molar-refractivity contribution in [1.29, 1.82) is 0 Å². The maximum absolute atomic E-state index is 6.20. The fourth-order valence-electron chi connectivity index (χ4n) is 2.00. The minimum Gasteiger partial charge on any atom is -0.398 e. The summed E-state index contributed by atoms with van der Waals surface area (Å²) in [6.07, 6.45) is 7.35. The van der Waals surface area contributed by atoms with Gasteiger partial charge in [-0.25, -0.2) is 0 Å². The molecule has 0 amide bonds. The van der Waals surface area contributed by atoms with Gasteiger partial charge in [0.15, 0.2) is 0 Å². The summed E-state index contributed by atoms with van der Waals surface area (Å²) in [7, 11) is 1.89. The van der Waals surface area contributed by atoms with Crippen LogP contribution in [0.4, 0.5) is 5.69 Å². The lowest BCUT2D eigenvalue weighted by molar-refractivity contribution is 0.768. The van der Waals surface area contributed by atoms with Gasteiger partial charge in [0.25, 0.3) is 0 Å². The summed E-state index contributed by atoms with van der Waals surface area (Å²) in [6, 6.07) is 5.97. The SMILES string of the molecule is Cn1cc(-c2ccc3cnccc3c2N)cn1. The Morgan fingerprint density at radius 3 is 2.82 bits per heavy atom. The third-order valence-electron chi connectivity index (χ3n) is 2.88. The molecular weight excluding hydrogens is 212 g/mol. The highest BCUT2D eigenvalue weighted by Crippen LogP contribution is 2.31. The van der Waals surface area contributed by atoms with Gasteiger partial charge in [-0.2, -0.15) is 5.10 Å². The molecule has 2 heterocycles. The largest absolute Gasteiger partial charge is 0.398 e. The van der Waals surface area contributed by atoms with Crippen LogP contribution in [0.25, 0.3) is 21.9 Å². The van der Waals surface area contributed by atoms with Crippen molar-refractivity contribution in [3.05, 3.63) is 43.0 Å². The second-order valence-electron chi connectivity index (χ2n) is 4.03. The zero-order chi connectivity index (χ0) is 11.8. The predicted molar refractivity (Wildman–Crippen MR) is 68.4 cm³/mol. The van der Waals surface area contributed by atoms with E-state index >= 15 is 0 Å². The molecule has 4 heteroatoms. The highest BCUT2D eigenvalue weighted by molar-refractivity contribution is 5.99. The van der Waals surface area contributed by atoms with Gasteiger partial charge in [-0.05, 0) is 6.07 Å².